The number of nitrogens with one attached hydrogen (secondary N) is 1. The highest BCUT2D eigenvalue weighted by atomic mass is 32.1. The number of hydrogen-bond acceptors (Lipinski definition) is 5. The maximum absolute atomic E-state index is 4.70. The second-order valence-electron chi connectivity index (χ2n) is 4.74. The summed E-state index contributed by atoms with van der Waals surface area (Å²) in [5, 5.41) is 4.33. The van der Waals surface area contributed by atoms with Gasteiger partial charge in [0, 0.05) is 30.7 Å². The first-order valence-electron chi connectivity index (χ1n) is 6.52. The van der Waals surface area contributed by atoms with Crippen LogP contribution in [0.3, 0.4) is 0 Å². The molecule has 0 aliphatic carbocycles. The van der Waals surface area contributed by atoms with Gasteiger partial charge in [0.05, 0.1) is 5.39 Å². The van der Waals surface area contributed by atoms with E-state index in [1.165, 1.54) is 10.4 Å². The number of hydrogen-bond donors (Lipinski definition) is 1. The van der Waals surface area contributed by atoms with Crippen LogP contribution in [-0.4, -0.2) is 22.0 Å². The highest BCUT2D eigenvalue weighted by molar-refractivity contribution is 7.18. The van der Waals surface area contributed by atoms with Gasteiger partial charge in [-0.15, -0.1) is 11.3 Å². The van der Waals surface area contributed by atoms with Crippen LogP contribution in [0.25, 0.3) is 10.2 Å². The Morgan fingerprint density at radius 3 is 2.80 bits per heavy atom. The van der Waals surface area contributed by atoms with Crippen molar-refractivity contribution in [3.63, 3.8) is 0 Å². The highest BCUT2D eigenvalue weighted by Gasteiger charge is 2.13. The third kappa shape index (κ3) is 2.25. The molecule has 0 saturated heterocycles. The second-order valence-corrected chi connectivity index (χ2v) is 5.94. The number of nitrogens with zero attached hydrogens (tertiary/aromatic N) is 3. The van der Waals surface area contributed by atoms with Gasteiger partial charge in [-0.05, 0) is 31.0 Å². The number of rotatable bonds is 3. The summed E-state index contributed by atoms with van der Waals surface area (Å²) in [4.78, 5) is 15.8. The van der Waals surface area contributed by atoms with Gasteiger partial charge in [-0.1, -0.05) is 6.07 Å². The Morgan fingerprint density at radius 2 is 2.10 bits per heavy atom. The monoisotopic (exact) mass is 284 g/mol. The predicted molar refractivity (Wildman–Crippen MR) is 83.5 cm³/mol. The molecule has 0 saturated carbocycles. The lowest BCUT2D eigenvalue weighted by molar-refractivity contribution is 0.988. The van der Waals surface area contributed by atoms with Crippen molar-refractivity contribution in [2.45, 2.75) is 20.3 Å². The number of pyridine rings is 1. The molecule has 0 aromatic carbocycles. The Bertz CT molecular complexity index is 749. The maximum atomic E-state index is 4.70. The van der Waals surface area contributed by atoms with Crippen LogP contribution in [0, 0.1) is 13.8 Å². The number of aromatic nitrogens is 3. The molecule has 3 aromatic heterocycles. The van der Waals surface area contributed by atoms with E-state index in [1.807, 2.05) is 25.4 Å². The molecule has 3 aromatic rings. The Morgan fingerprint density at radius 1 is 1.25 bits per heavy atom. The third-order valence-electron chi connectivity index (χ3n) is 3.40. The van der Waals surface area contributed by atoms with E-state index in [0.29, 0.717) is 6.42 Å². The van der Waals surface area contributed by atoms with Crippen molar-refractivity contribution < 1.29 is 0 Å². The molecule has 4 nitrogen and oxygen atoms in total. The average Bonchev–Trinajstić information content (AvgIpc) is 2.74. The Balaban J connectivity index is 2.09. The number of thiophene rings is 1. The van der Waals surface area contributed by atoms with Gasteiger partial charge >= 0.3 is 0 Å². The van der Waals surface area contributed by atoms with Crippen LogP contribution in [-0.2, 0) is 6.42 Å². The van der Waals surface area contributed by atoms with Crippen molar-refractivity contribution in [1.82, 2.24) is 15.0 Å². The van der Waals surface area contributed by atoms with Gasteiger partial charge in [0.2, 0.25) is 0 Å². The summed E-state index contributed by atoms with van der Waals surface area (Å²) < 4.78 is 0. The molecule has 1 N–H and O–H groups in total. The molecule has 0 unspecified atom stereocenters. The number of fused-ring (bicyclic) bond motifs is 1. The second kappa shape index (κ2) is 5.17. The van der Waals surface area contributed by atoms with Crippen LogP contribution in [0.5, 0.6) is 0 Å². The first-order valence-corrected chi connectivity index (χ1v) is 7.34. The molecule has 20 heavy (non-hydrogen) atoms. The van der Waals surface area contributed by atoms with E-state index in [0.717, 1.165) is 27.4 Å². The molecule has 5 heteroatoms. The molecular weight excluding hydrogens is 268 g/mol. The number of aryl methyl sites for hydroxylation is 2. The van der Waals surface area contributed by atoms with Gasteiger partial charge in [-0.25, -0.2) is 9.97 Å². The number of anilines is 1. The zero-order chi connectivity index (χ0) is 14.1. The third-order valence-corrected chi connectivity index (χ3v) is 4.50. The van der Waals surface area contributed by atoms with E-state index in [4.69, 9.17) is 4.98 Å². The lowest BCUT2D eigenvalue weighted by Crippen LogP contribution is -2.02. The van der Waals surface area contributed by atoms with E-state index in [9.17, 15) is 0 Å². The van der Waals surface area contributed by atoms with E-state index in [-0.39, 0.29) is 0 Å². The first-order chi connectivity index (χ1) is 9.69. The largest absolute Gasteiger partial charge is 0.372 e. The SMILES string of the molecule is CNc1nc(Cc2cccnc2)nc2sc(C)c(C)c12. The van der Waals surface area contributed by atoms with Crippen LogP contribution in [0.1, 0.15) is 21.8 Å². The average molecular weight is 284 g/mol. The van der Waals surface area contributed by atoms with Gasteiger partial charge in [-0.2, -0.15) is 0 Å². The van der Waals surface area contributed by atoms with Crippen LogP contribution < -0.4 is 5.32 Å². The molecule has 0 aliphatic heterocycles. The predicted octanol–water partition coefficient (Wildman–Crippen LogP) is 3.34. The molecule has 0 atom stereocenters. The summed E-state index contributed by atoms with van der Waals surface area (Å²) in [6, 6.07) is 3.98. The van der Waals surface area contributed by atoms with Gasteiger partial charge < -0.3 is 5.32 Å². The van der Waals surface area contributed by atoms with Crippen molar-refractivity contribution in [2.24, 2.45) is 0 Å². The molecule has 0 radical (unpaired) electrons. The van der Waals surface area contributed by atoms with Gasteiger partial charge in [0.1, 0.15) is 16.5 Å². The molecular formula is C15H16N4S. The van der Waals surface area contributed by atoms with Gasteiger partial charge in [-0.3, -0.25) is 4.98 Å². The van der Waals surface area contributed by atoms with E-state index in [1.54, 1.807) is 17.5 Å². The molecule has 0 aliphatic rings. The van der Waals surface area contributed by atoms with Crippen LogP contribution in [0.2, 0.25) is 0 Å². The van der Waals surface area contributed by atoms with Crippen molar-refractivity contribution >= 4 is 27.4 Å². The summed E-state index contributed by atoms with van der Waals surface area (Å²) in [6.45, 7) is 4.25. The van der Waals surface area contributed by atoms with Crippen molar-refractivity contribution in [2.75, 3.05) is 12.4 Å². The molecule has 0 bridgehead atoms. The first kappa shape index (κ1) is 13.0. The maximum Gasteiger partial charge on any atom is 0.138 e. The fraction of sp³-hybridized carbons (Fsp3) is 0.267. The van der Waals surface area contributed by atoms with E-state index >= 15 is 0 Å². The lowest BCUT2D eigenvalue weighted by atomic mass is 10.2. The highest BCUT2D eigenvalue weighted by Crippen LogP contribution is 2.33. The Kier molecular flexibility index (Phi) is 3.36. The molecule has 0 fully saturated rings. The van der Waals surface area contributed by atoms with Crippen LogP contribution in [0.15, 0.2) is 24.5 Å². The summed E-state index contributed by atoms with van der Waals surface area (Å²) >= 11 is 1.73. The summed E-state index contributed by atoms with van der Waals surface area (Å²) in [5.74, 6) is 1.74. The van der Waals surface area contributed by atoms with Crippen molar-refractivity contribution in [1.29, 1.82) is 0 Å². The zero-order valence-electron chi connectivity index (χ0n) is 11.8. The quantitative estimate of drug-likeness (QED) is 0.801. The fourth-order valence-corrected chi connectivity index (χ4v) is 3.29. The summed E-state index contributed by atoms with van der Waals surface area (Å²) in [5.41, 5.74) is 2.39. The topological polar surface area (TPSA) is 50.7 Å². The molecule has 0 spiro atoms. The van der Waals surface area contributed by atoms with Gasteiger partial charge in [0.15, 0.2) is 0 Å². The standard InChI is InChI=1S/C15H16N4S/c1-9-10(2)20-15-13(9)14(16-3)18-12(19-15)7-11-5-4-6-17-8-11/h4-6,8H,7H2,1-3H3,(H,16,18,19). The molecule has 102 valence electrons. The van der Waals surface area contributed by atoms with Crippen LogP contribution in [0.4, 0.5) is 5.82 Å². The molecule has 3 rings (SSSR count). The minimum atomic E-state index is 0.703. The molecule has 3 heterocycles. The minimum absolute atomic E-state index is 0.703. The summed E-state index contributed by atoms with van der Waals surface area (Å²) in [7, 11) is 1.90. The summed E-state index contributed by atoms with van der Waals surface area (Å²) in [6.07, 6.45) is 4.34. The van der Waals surface area contributed by atoms with E-state index < -0.39 is 0 Å². The zero-order valence-corrected chi connectivity index (χ0v) is 12.6. The fourth-order valence-electron chi connectivity index (χ4n) is 2.24. The lowest BCUT2D eigenvalue weighted by Gasteiger charge is -2.06. The Hall–Kier alpha value is -2.01. The normalized spacial score (nSPS) is 10.9. The van der Waals surface area contributed by atoms with E-state index in [2.05, 4.69) is 29.1 Å². The van der Waals surface area contributed by atoms with Crippen LogP contribution >= 0.6 is 11.3 Å². The smallest absolute Gasteiger partial charge is 0.138 e. The van der Waals surface area contributed by atoms with Crippen molar-refractivity contribution in [3.8, 4) is 0 Å². The Labute approximate surface area is 121 Å². The van der Waals surface area contributed by atoms with Gasteiger partial charge in [0.25, 0.3) is 0 Å². The molecule has 0 amide bonds. The minimum Gasteiger partial charge on any atom is -0.372 e. The van der Waals surface area contributed by atoms with Crippen molar-refractivity contribution in [3.05, 3.63) is 46.4 Å².